The van der Waals surface area contributed by atoms with Crippen molar-refractivity contribution in [2.75, 3.05) is 62.4 Å². The normalized spacial score (nSPS) is 19.6. The molecule has 4 heterocycles. The average Bonchev–Trinajstić information content (AvgIpc) is 3.60. The van der Waals surface area contributed by atoms with E-state index in [1.54, 1.807) is 28.4 Å². The first-order valence-corrected chi connectivity index (χ1v) is 16.7. The van der Waals surface area contributed by atoms with E-state index in [2.05, 4.69) is 54.2 Å². The van der Waals surface area contributed by atoms with Crippen molar-refractivity contribution < 1.29 is 37.9 Å². The summed E-state index contributed by atoms with van der Waals surface area (Å²) in [6, 6.07) is 16.5. The maximum Gasteiger partial charge on any atom is 0.231 e. The van der Waals surface area contributed by atoms with Crippen LogP contribution in [0.25, 0.3) is 0 Å². The molecule has 4 aromatic carbocycles. The molecule has 49 heavy (non-hydrogen) atoms. The first-order chi connectivity index (χ1) is 23.9. The monoisotopic (exact) mass is 666 g/mol. The lowest BCUT2D eigenvalue weighted by Crippen LogP contribution is -2.34. The maximum atomic E-state index is 7.24. The summed E-state index contributed by atoms with van der Waals surface area (Å²) in [6.45, 7) is 1.74. The van der Waals surface area contributed by atoms with Gasteiger partial charge < -0.3 is 37.9 Å². The molecule has 0 saturated carbocycles. The molecule has 0 saturated heterocycles. The Labute approximate surface area is 286 Å². The number of nitrogens with zero attached hydrogens (tertiary/aromatic N) is 2. The van der Waals surface area contributed by atoms with Crippen LogP contribution in [0.5, 0.6) is 57.5 Å². The van der Waals surface area contributed by atoms with Gasteiger partial charge in [0, 0.05) is 41.9 Å². The molecule has 10 heteroatoms. The number of likely N-dealkylation sites (N-methyl/N-ethyl adjacent to an activating group) is 2. The lowest BCUT2D eigenvalue weighted by Gasteiger charge is -2.38. The zero-order valence-corrected chi connectivity index (χ0v) is 28.9. The number of ether oxygens (including phenoxy) is 8. The van der Waals surface area contributed by atoms with Crippen molar-refractivity contribution in [1.29, 1.82) is 0 Å². The molecule has 8 bridgehead atoms. The maximum absolute atomic E-state index is 7.24. The first kappa shape index (κ1) is 31.5. The van der Waals surface area contributed by atoms with E-state index in [-0.39, 0.29) is 18.9 Å². The third-order valence-corrected chi connectivity index (χ3v) is 10.4. The standard InChI is InChI=1S/C39H42N2O8/c1-40-14-12-25-27-20-32(43-4)36(45-6)35(25)49-37-33-26(34(44-5)38-39(37)47-21-46-38)13-15-41(2)29(33)18-22-8-7-9-24(16-22)48-31-19-23(17-28(27)40)10-11-30(31)42-3/h7-11,16,19-20,28-29H,12-15,17-18,21H2,1-6H3. The topological polar surface area (TPSA) is 80.3 Å². The first-order valence-electron chi connectivity index (χ1n) is 16.7. The summed E-state index contributed by atoms with van der Waals surface area (Å²) in [5.41, 5.74) is 6.52. The molecule has 4 aromatic rings. The lowest BCUT2D eigenvalue weighted by molar-refractivity contribution is 0.169. The molecule has 2 atom stereocenters. The van der Waals surface area contributed by atoms with Crippen LogP contribution in [0.1, 0.15) is 45.5 Å². The second kappa shape index (κ2) is 12.6. The van der Waals surface area contributed by atoms with E-state index < -0.39 is 0 Å². The van der Waals surface area contributed by atoms with Crippen LogP contribution in [0.3, 0.4) is 0 Å². The summed E-state index contributed by atoms with van der Waals surface area (Å²) in [6.07, 6.45) is 2.95. The molecular weight excluding hydrogens is 624 g/mol. The smallest absolute Gasteiger partial charge is 0.231 e. The quantitative estimate of drug-likeness (QED) is 0.230. The van der Waals surface area contributed by atoms with Crippen molar-refractivity contribution >= 4 is 0 Å². The Morgan fingerprint density at radius 2 is 1.35 bits per heavy atom. The molecule has 0 fully saturated rings. The summed E-state index contributed by atoms with van der Waals surface area (Å²) in [4.78, 5) is 4.75. The number of methoxy groups -OCH3 is 4. The second-order valence-electron chi connectivity index (χ2n) is 13.1. The Balaban J connectivity index is 1.42. The minimum Gasteiger partial charge on any atom is -0.493 e. The van der Waals surface area contributed by atoms with Crippen molar-refractivity contribution in [3.05, 3.63) is 81.9 Å². The largest absolute Gasteiger partial charge is 0.493 e. The molecule has 0 aliphatic carbocycles. The van der Waals surface area contributed by atoms with Crippen molar-refractivity contribution in [3.8, 4) is 57.5 Å². The van der Waals surface area contributed by atoms with Crippen LogP contribution in [0.15, 0.2) is 48.5 Å². The number of benzene rings is 4. The lowest BCUT2D eigenvalue weighted by atomic mass is 9.86. The highest BCUT2D eigenvalue weighted by Crippen LogP contribution is 2.59. The predicted octanol–water partition coefficient (Wildman–Crippen LogP) is 6.89. The van der Waals surface area contributed by atoms with Crippen LogP contribution in [-0.2, 0) is 25.7 Å². The van der Waals surface area contributed by atoms with Crippen molar-refractivity contribution in [1.82, 2.24) is 9.80 Å². The van der Waals surface area contributed by atoms with Crippen LogP contribution in [0.4, 0.5) is 0 Å². The van der Waals surface area contributed by atoms with Gasteiger partial charge in [0.1, 0.15) is 5.75 Å². The van der Waals surface area contributed by atoms with Crippen LogP contribution in [0.2, 0.25) is 0 Å². The molecule has 4 aliphatic heterocycles. The van der Waals surface area contributed by atoms with E-state index in [1.165, 1.54) is 0 Å². The Bertz CT molecular complexity index is 1930. The molecule has 10 nitrogen and oxygen atoms in total. The van der Waals surface area contributed by atoms with E-state index in [0.717, 1.165) is 71.5 Å². The molecule has 256 valence electrons. The summed E-state index contributed by atoms with van der Waals surface area (Å²) in [7, 11) is 11.0. The van der Waals surface area contributed by atoms with Gasteiger partial charge in [0.15, 0.2) is 34.5 Å². The SMILES string of the molecule is COc1ccc2cc1Oc1cccc(c1)CC1c3c(c(OC)c4c(c3Oc3c5c(cc(OC)c3OC)C(C2)N(C)CC5)OCO4)CCN1C. The van der Waals surface area contributed by atoms with E-state index in [1.807, 2.05) is 18.2 Å². The summed E-state index contributed by atoms with van der Waals surface area (Å²) in [5.74, 6) is 6.32. The second-order valence-corrected chi connectivity index (χ2v) is 13.1. The summed E-state index contributed by atoms with van der Waals surface area (Å²) in [5, 5.41) is 0. The van der Waals surface area contributed by atoms with Crippen LogP contribution < -0.4 is 37.9 Å². The Morgan fingerprint density at radius 1 is 0.633 bits per heavy atom. The zero-order valence-electron chi connectivity index (χ0n) is 28.9. The molecule has 0 N–H and O–H groups in total. The van der Waals surface area contributed by atoms with E-state index >= 15 is 0 Å². The molecule has 0 radical (unpaired) electrons. The van der Waals surface area contributed by atoms with Gasteiger partial charge in [-0.2, -0.15) is 0 Å². The van der Waals surface area contributed by atoms with Gasteiger partial charge in [0.2, 0.25) is 24.0 Å². The predicted molar refractivity (Wildman–Crippen MR) is 184 cm³/mol. The van der Waals surface area contributed by atoms with Gasteiger partial charge in [-0.3, -0.25) is 9.80 Å². The van der Waals surface area contributed by atoms with Crippen molar-refractivity contribution in [2.45, 2.75) is 37.8 Å². The number of fused-ring (bicyclic) bond motifs is 6. The van der Waals surface area contributed by atoms with E-state index in [4.69, 9.17) is 37.9 Å². The van der Waals surface area contributed by atoms with Gasteiger partial charge in [-0.25, -0.2) is 0 Å². The highest BCUT2D eigenvalue weighted by molar-refractivity contribution is 5.72. The Hall–Kier alpha value is -4.80. The third-order valence-electron chi connectivity index (χ3n) is 10.4. The molecule has 2 unspecified atom stereocenters. The zero-order chi connectivity index (χ0) is 33.8. The van der Waals surface area contributed by atoms with Gasteiger partial charge >= 0.3 is 0 Å². The molecular formula is C39H42N2O8. The Kier molecular flexibility index (Phi) is 8.08. The molecule has 0 amide bonds. The van der Waals surface area contributed by atoms with Gasteiger partial charge in [0.05, 0.1) is 28.4 Å². The number of hydrogen-bond donors (Lipinski definition) is 0. The van der Waals surface area contributed by atoms with Gasteiger partial charge in [-0.15, -0.1) is 0 Å². The van der Waals surface area contributed by atoms with Gasteiger partial charge in [-0.1, -0.05) is 18.2 Å². The minimum atomic E-state index is -0.0720. The van der Waals surface area contributed by atoms with Gasteiger partial charge in [0.25, 0.3) is 0 Å². The summed E-state index contributed by atoms with van der Waals surface area (Å²) < 4.78 is 50.0. The fourth-order valence-corrected chi connectivity index (χ4v) is 7.94. The number of rotatable bonds is 4. The molecule has 4 aliphatic rings. The fourth-order valence-electron chi connectivity index (χ4n) is 7.94. The van der Waals surface area contributed by atoms with Crippen molar-refractivity contribution in [3.63, 3.8) is 0 Å². The summed E-state index contributed by atoms with van der Waals surface area (Å²) >= 11 is 0. The van der Waals surface area contributed by atoms with Crippen molar-refractivity contribution in [2.24, 2.45) is 0 Å². The Morgan fingerprint density at radius 3 is 2.12 bits per heavy atom. The van der Waals surface area contributed by atoms with Gasteiger partial charge in [-0.05, 0) is 86.8 Å². The fraction of sp³-hybridized carbons (Fsp3) is 0.385. The molecule has 0 spiro atoms. The highest BCUT2D eigenvalue weighted by atomic mass is 16.7. The molecule has 0 aromatic heterocycles. The minimum absolute atomic E-state index is 0.0279. The van der Waals surface area contributed by atoms with E-state index in [9.17, 15) is 0 Å². The van der Waals surface area contributed by atoms with Crippen LogP contribution >= 0.6 is 0 Å². The van der Waals surface area contributed by atoms with Crippen LogP contribution in [-0.4, -0.2) is 72.2 Å². The highest BCUT2D eigenvalue weighted by Gasteiger charge is 2.40. The third kappa shape index (κ3) is 5.25. The van der Waals surface area contributed by atoms with E-state index in [0.29, 0.717) is 58.2 Å². The van der Waals surface area contributed by atoms with Crippen LogP contribution in [0, 0.1) is 0 Å². The number of hydrogen-bond acceptors (Lipinski definition) is 10. The molecule has 8 rings (SSSR count). The average molecular weight is 667 g/mol.